The van der Waals surface area contributed by atoms with Crippen molar-refractivity contribution in [1.82, 2.24) is 0 Å². The minimum atomic E-state index is -1.37. The lowest BCUT2D eigenvalue weighted by Crippen LogP contribution is -2.42. The van der Waals surface area contributed by atoms with Crippen LogP contribution in [0, 0.1) is 11.3 Å². The molecule has 3 nitrogen and oxygen atoms in total. The first-order valence-electron chi connectivity index (χ1n) is 7.93. The number of nitriles is 1. The summed E-state index contributed by atoms with van der Waals surface area (Å²) in [5.41, 5.74) is 3.45. The van der Waals surface area contributed by atoms with Crippen LogP contribution in [0.5, 0.6) is 5.75 Å². The zero-order chi connectivity index (χ0) is 16.7. The number of fused-ring (bicyclic) bond motifs is 3. The van der Waals surface area contributed by atoms with E-state index in [0.717, 1.165) is 33.3 Å². The number of rotatable bonds is 3. The highest BCUT2D eigenvalue weighted by Gasteiger charge is 2.41. The summed E-state index contributed by atoms with van der Waals surface area (Å²) in [7, 11) is 2.73. The van der Waals surface area contributed by atoms with E-state index in [0.29, 0.717) is 25.0 Å². The van der Waals surface area contributed by atoms with E-state index in [4.69, 9.17) is 14.7 Å². The Kier molecular flexibility index (Phi) is 3.79. The lowest BCUT2D eigenvalue weighted by atomic mass is 9.87. The van der Waals surface area contributed by atoms with E-state index in [2.05, 4.69) is 21.4 Å². The molecule has 24 heavy (non-hydrogen) atoms. The quantitative estimate of drug-likeness (QED) is 0.804. The first-order chi connectivity index (χ1) is 11.6. The highest BCUT2D eigenvalue weighted by Crippen LogP contribution is 2.42. The summed E-state index contributed by atoms with van der Waals surface area (Å²) < 4.78 is 25.6. The summed E-state index contributed by atoms with van der Waals surface area (Å²) in [6.07, 6.45) is 1.18. The summed E-state index contributed by atoms with van der Waals surface area (Å²) in [6, 6.07) is 11.9. The van der Waals surface area contributed by atoms with Crippen molar-refractivity contribution in [2.75, 3.05) is 13.2 Å². The molecular formula is C19H17FNO2P. The fraction of sp³-hybridized carbons (Fsp3) is 0.316. The van der Waals surface area contributed by atoms with E-state index < -0.39 is 5.67 Å². The van der Waals surface area contributed by atoms with Gasteiger partial charge in [-0.3, -0.25) is 0 Å². The molecule has 0 spiro atoms. The minimum Gasteiger partial charge on any atom is -0.488 e. The van der Waals surface area contributed by atoms with Crippen LogP contribution >= 0.6 is 9.24 Å². The van der Waals surface area contributed by atoms with Crippen molar-refractivity contribution in [3.8, 4) is 22.9 Å². The van der Waals surface area contributed by atoms with Crippen molar-refractivity contribution < 1.29 is 13.9 Å². The van der Waals surface area contributed by atoms with Gasteiger partial charge in [-0.2, -0.15) is 5.26 Å². The third-order valence-corrected chi connectivity index (χ3v) is 5.25. The van der Waals surface area contributed by atoms with Crippen molar-refractivity contribution >= 4 is 14.5 Å². The number of hydrogen-bond donors (Lipinski definition) is 0. The van der Waals surface area contributed by atoms with Gasteiger partial charge < -0.3 is 9.47 Å². The van der Waals surface area contributed by atoms with Crippen LogP contribution in [0.2, 0.25) is 0 Å². The molecule has 2 aliphatic heterocycles. The largest absolute Gasteiger partial charge is 0.488 e. The average molecular weight is 341 g/mol. The first-order valence-corrected chi connectivity index (χ1v) is 8.51. The van der Waals surface area contributed by atoms with Crippen LogP contribution < -0.4 is 10.0 Å². The van der Waals surface area contributed by atoms with Crippen LogP contribution in [0.4, 0.5) is 4.39 Å². The lowest BCUT2D eigenvalue weighted by Gasteiger charge is -2.35. The van der Waals surface area contributed by atoms with Gasteiger partial charge in [-0.25, -0.2) is 4.39 Å². The maximum absolute atomic E-state index is 14.7. The van der Waals surface area contributed by atoms with Gasteiger partial charge in [-0.05, 0) is 52.2 Å². The van der Waals surface area contributed by atoms with E-state index in [9.17, 15) is 4.39 Å². The summed E-state index contributed by atoms with van der Waals surface area (Å²) in [5.74, 6) is 0.802. The number of aryl methyl sites for hydroxylation is 1. The van der Waals surface area contributed by atoms with E-state index in [1.165, 1.54) is 0 Å². The molecule has 1 atom stereocenters. The van der Waals surface area contributed by atoms with Crippen LogP contribution in [-0.2, 0) is 23.4 Å². The number of alkyl halides is 1. The second-order valence-electron chi connectivity index (χ2n) is 6.32. The minimum absolute atomic E-state index is 0.122. The van der Waals surface area contributed by atoms with Crippen molar-refractivity contribution in [3.05, 3.63) is 47.0 Å². The molecule has 0 amide bonds. The summed E-state index contributed by atoms with van der Waals surface area (Å²) >= 11 is 0. The van der Waals surface area contributed by atoms with E-state index >= 15 is 0 Å². The molecule has 0 N–H and O–H groups in total. The first kappa shape index (κ1) is 15.6. The van der Waals surface area contributed by atoms with Gasteiger partial charge >= 0.3 is 0 Å². The Labute approximate surface area is 142 Å². The predicted molar refractivity (Wildman–Crippen MR) is 93.1 cm³/mol. The molecule has 122 valence electrons. The van der Waals surface area contributed by atoms with Crippen LogP contribution in [0.15, 0.2) is 30.3 Å². The fourth-order valence-electron chi connectivity index (χ4n) is 3.21. The fourth-order valence-corrected chi connectivity index (χ4v) is 3.61. The molecule has 1 unspecified atom stereocenters. The normalized spacial score (nSPS) is 17.0. The molecular weight excluding hydrogens is 324 g/mol. The van der Waals surface area contributed by atoms with Crippen molar-refractivity contribution in [2.45, 2.75) is 25.1 Å². The van der Waals surface area contributed by atoms with Crippen LogP contribution in [0.25, 0.3) is 11.1 Å². The van der Waals surface area contributed by atoms with Gasteiger partial charge in [0, 0.05) is 12.0 Å². The molecule has 0 saturated carbocycles. The second-order valence-corrected chi connectivity index (χ2v) is 6.95. The van der Waals surface area contributed by atoms with E-state index in [1.807, 2.05) is 24.3 Å². The molecule has 4 rings (SSSR count). The van der Waals surface area contributed by atoms with Gasteiger partial charge in [0.1, 0.15) is 12.4 Å². The highest BCUT2D eigenvalue weighted by atomic mass is 31.0. The van der Waals surface area contributed by atoms with E-state index in [-0.39, 0.29) is 13.2 Å². The van der Waals surface area contributed by atoms with Gasteiger partial charge in [0.15, 0.2) is 5.67 Å². The zero-order valence-electron chi connectivity index (χ0n) is 13.1. The van der Waals surface area contributed by atoms with E-state index in [1.54, 1.807) is 0 Å². The maximum atomic E-state index is 14.7. The summed E-state index contributed by atoms with van der Waals surface area (Å²) in [5, 5.41) is 9.84. The van der Waals surface area contributed by atoms with Crippen LogP contribution in [0.3, 0.4) is 0 Å². The number of hydrogen-bond acceptors (Lipinski definition) is 3. The Morgan fingerprint density at radius 3 is 2.75 bits per heavy atom. The molecule has 2 heterocycles. The third-order valence-electron chi connectivity index (χ3n) is 4.71. The molecule has 0 bridgehead atoms. The number of nitrogens with zero attached hydrogens (tertiary/aromatic N) is 1. The molecule has 1 saturated heterocycles. The smallest absolute Gasteiger partial charge is 0.182 e. The van der Waals surface area contributed by atoms with Crippen LogP contribution in [0.1, 0.15) is 23.1 Å². The van der Waals surface area contributed by atoms with Gasteiger partial charge in [-0.15, -0.1) is 9.24 Å². The Morgan fingerprint density at radius 2 is 2.04 bits per heavy atom. The van der Waals surface area contributed by atoms with Gasteiger partial charge in [0.05, 0.1) is 19.3 Å². The Balaban J connectivity index is 1.78. The van der Waals surface area contributed by atoms with Crippen molar-refractivity contribution in [2.24, 2.45) is 0 Å². The standard InChI is InChI=1S/C19H17FNO2P/c20-19(10-22-11-19)14-4-3-13-9-23-17-6-12(2-1-5-21)18(24)8-16(17)15(13)7-14/h3-4,6-8H,1-2,9-11,24H2. The van der Waals surface area contributed by atoms with Gasteiger partial charge in [-0.1, -0.05) is 12.1 Å². The number of halogens is 1. The highest BCUT2D eigenvalue weighted by molar-refractivity contribution is 7.27. The van der Waals surface area contributed by atoms with Crippen LogP contribution in [-0.4, -0.2) is 13.2 Å². The molecule has 0 aromatic heterocycles. The zero-order valence-corrected chi connectivity index (χ0v) is 14.3. The third kappa shape index (κ3) is 2.49. The maximum Gasteiger partial charge on any atom is 0.182 e. The summed E-state index contributed by atoms with van der Waals surface area (Å²) in [6.45, 7) is 0.723. The van der Waals surface area contributed by atoms with Crippen molar-refractivity contribution in [1.29, 1.82) is 5.26 Å². The number of benzene rings is 2. The molecule has 5 heteroatoms. The Hall–Kier alpha value is -1.95. The monoisotopic (exact) mass is 341 g/mol. The van der Waals surface area contributed by atoms with Gasteiger partial charge in [0.2, 0.25) is 0 Å². The van der Waals surface area contributed by atoms with Crippen molar-refractivity contribution in [3.63, 3.8) is 0 Å². The molecule has 0 aliphatic carbocycles. The lowest BCUT2D eigenvalue weighted by molar-refractivity contribution is -0.135. The predicted octanol–water partition coefficient (Wildman–Crippen LogP) is 3.40. The molecule has 0 radical (unpaired) electrons. The Morgan fingerprint density at radius 1 is 1.21 bits per heavy atom. The topological polar surface area (TPSA) is 42.2 Å². The Bertz CT molecular complexity index is 855. The molecule has 2 aromatic rings. The SMILES string of the molecule is N#CCCc1cc2c(cc1P)-c1cc(C3(F)COC3)ccc1CO2. The number of ether oxygens (including phenoxy) is 2. The second kappa shape index (κ2) is 5.84. The molecule has 1 fully saturated rings. The molecule has 2 aliphatic rings. The average Bonchev–Trinajstić information content (AvgIpc) is 2.57. The summed E-state index contributed by atoms with van der Waals surface area (Å²) in [4.78, 5) is 0. The van der Waals surface area contributed by atoms with Gasteiger partial charge in [0.25, 0.3) is 0 Å². The molecule has 2 aromatic carbocycles.